The Morgan fingerprint density at radius 3 is 2.84 bits per heavy atom. The van der Waals surface area contributed by atoms with Crippen molar-refractivity contribution in [2.24, 2.45) is 0 Å². The molecular weight excluding hydrogens is 242 g/mol. The highest BCUT2D eigenvalue weighted by Crippen LogP contribution is 2.20. The second-order valence-corrected chi connectivity index (χ2v) is 4.38. The van der Waals surface area contributed by atoms with Gasteiger partial charge in [-0.05, 0) is 29.3 Å². The number of carbonyl (C=O) groups excluding carboxylic acids is 1. The number of fused-ring (bicyclic) bond motifs is 1. The number of rotatable bonds is 2. The minimum absolute atomic E-state index is 0.266. The lowest BCUT2D eigenvalue weighted by molar-refractivity contribution is 0.0953. The standard InChI is InChI=1S/C14H13N3O2/c18-14(19-10-11-3-6-15-7-4-11)17-8-12-2-1-5-16-13(12)9-17/h1-7H,8-10H2. The molecule has 96 valence electrons. The van der Waals surface area contributed by atoms with Gasteiger partial charge >= 0.3 is 6.09 Å². The Labute approximate surface area is 110 Å². The highest BCUT2D eigenvalue weighted by Gasteiger charge is 2.24. The molecule has 1 aliphatic rings. The molecule has 0 fully saturated rings. The van der Waals surface area contributed by atoms with E-state index in [9.17, 15) is 4.79 Å². The first kappa shape index (κ1) is 11.6. The van der Waals surface area contributed by atoms with E-state index in [0.717, 1.165) is 16.8 Å². The third kappa shape index (κ3) is 2.54. The molecule has 3 rings (SSSR count). The summed E-state index contributed by atoms with van der Waals surface area (Å²) in [6.45, 7) is 1.35. The maximum absolute atomic E-state index is 11.9. The molecule has 5 nitrogen and oxygen atoms in total. The molecule has 0 atom stereocenters. The summed E-state index contributed by atoms with van der Waals surface area (Å²) in [5.74, 6) is 0. The molecule has 2 aromatic rings. The van der Waals surface area contributed by atoms with Gasteiger partial charge in [0.2, 0.25) is 0 Å². The van der Waals surface area contributed by atoms with Gasteiger partial charge in [0.05, 0.1) is 18.8 Å². The summed E-state index contributed by atoms with van der Waals surface area (Å²) in [6, 6.07) is 7.52. The second kappa shape index (κ2) is 5.06. The summed E-state index contributed by atoms with van der Waals surface area (Å²) >= 11 is 0. The van der Waals surface area contributed by atoms with E-state index in [0.29, 0.717) is 13.1 Å². The van der Waals surface area contributed by atoms with Gasteiger partial charge in [-0.1, -0.05) is 6.07 Å². The van der Waals surface area contributed by atoms with E-state index in [1.165, 1.54) is 0 Å². The van der Waals surface area contributed by atoms with Gasteiger partial charge in [-0.15, -0.1) is 0 Å². The molecule has 0 aromatic carbocycles. The lowest BCUT2D eigenvalue weighted by Gasteiger charge is -2.14. The smallest absolute Gasteiger partial charge is 0.410 e. The van der Waals surface area contributed by atoms with Gasteiger partial charge in [0, 0.05) is 18.6 Å². The van der Waals surface area contributed by atoms with Gasteiger partial charge < -0.3 is 4.74 Å². The molecular formula is C14H13N3O2. The molecule has 0 saturated heterocycles. The van der Waals surface area contributed by atoms with Crippen LogP contribution in [0.4, 0.5) is 4.79 Å². The fourth-order valence-corrected chi connectivity index (χ4v) is 2.04. The number of aromatic nitrogens is 2. The van der Waals surface area contributed by atoms with Crippen molar-refractivity contribution < 1.29 is 9.53 Å². The van der Waals surface area contributed by atoms with Crippen molar-refractivity contribution in [3.63, 3.8) is 0 Å². The van der Waals surface area contributed by atoms with Crippen LogP contribution < -0.4 is 0 Å². The Morgan fingerprint density at radius 2 is 2.05 bits per heavy atom. The summed E-state index contributed by atoms with van der Waals surface area (Å²) in [5.41, 5.74) is 2.96. The normalized spacial score (nSPS) is 13.2. The first-order valence-electron chi connectivity index (χ1n) is 6.06. The minimum Gasteiger partial charge on any atom is -0.445 e. The van der Waals surface area contributed by atoms with Crippen LogP contribution in [-0.4, -0.2) is 21.0 Å². The first-order valence-corrected chi connectivity index (χ1v) is 6.06. The zero-order chi connectivity index (χ0) is 13.1. The van der Waals surface area contributed by atoms with Crippen molar-refractivity contribution in [2.75, 3.05) is 0 Å². The van der Waals surface area contributed by atoms with Gasteiger partial charge in [0.25, 0.3) is 0 Å². The maximum atomic E-state index is 11.9. The van der Waals surface area contributed by atoms with E-state index in [1.54, 1.807) is 23.5 Å². The van der Waals surface area contributed by atoms with Crippen LogP contribution >= 0.6 is 0 Å². The van der Waals surface area contributed by atoms with Crippen LogP contribution in [-0.2, 0) is 24.4 Å². The van der Waals surface area contributed by atoms with Crippen molar-refractivity contribution >= 4 is 6.09 Å². The van der Waals surface area contributed by atoms with E-state index < -0.39 is 0 Å². The third-order valence-electron chi connectivity index (χ3n) is 3.06. The number of hydrogen-bond acceptors (Lipinski definition) is 4. The van der Waals surface area contributed by atoms with E-state index in [-0.39, 0.29) is 12.7 Å². The maximum Gasteiger partial charge on any atom is 0.410 e. The van der Waals surface area contributed by atoms with Crippen molar-refractivity contribution in [1.29, 1.82) is 0 Å². The summed E-state index contributed by atoms with van der Waals surface area (Å²) in [4.78, 5) is 21.8. The zero-order valence-corrected chi connectivity index (χ0v) is 10.3. The molecule has 19 heavy (non-hydrogen) atoms. The molecule has 1 amide bonds. The Morgan fingerprint density at radius 1 is 1.21 bits per heavy atom. The summed E-state index contributed by atoms with van der Waals surface area (Å²) in [6.07, 6.45) is 4.79. The predicted molar refractivity (Wildman–Crippen MR) is 67.9 cm³/mol. The molecule has 0 unspecified atom stereocenters. The molecule has 0 bridgehead atoms. The van der Waals surface area contributed by atoms with Crippen molar-refractivity contribution in [3.05, 3.63) is 59.7 Å². The van der Waals surface area contributed by atoms with E-state index >= 15 is 0 Å². The quantitative estimate of drug-likeness (QED) is 0.825. The van der Waals surface area contributed by atoms with Crippen molar-refractivity contribution in [3.8, 4) is 0 Å². The summed E-state index contributed by atoms with van der Waals surface area (Å²) in [7, 11) is 0. The van der Waals surface area contributed by atoms with E-state index in [1.807, 2.05) is 24.3 Å². The van der Waals surface area contributed by atoms with Crippen LogP contribution in [0.2, 0.25) is 0 Å². The van der Waals surface area contributed by atoms with Crippen LogP contribution in [0.5, 0.6) is 0 Å². The lowest BCUT2D eigenvalue weighted by atomic mass is 10.2. The molecule has 0 radical (unpaired) electrons. The number of hydrogen-bond donors (Lipinski definition) is 0. The topological polar surface area (TPSA) is 55.3 Å². The van der Waals surface area contributed by atoms with Crippen LogP contribution in [0, 0.1) is 0 Å². The SMILES string of the molecule is O=C(OCc1ccncc1)N1Cc2cccnc2C1. The molecule has 2 aromatic heterocycles. The second-order valence-electron chi connectivity index (χ2n) is 4.38. The molecule has 0 N–H and O–H groups in total. The number of amides is 1. The van der Waals surface area contributed by atoms with Crippen molar-refractivity contribution in [2.45, 2.75) is 19.7 Å². The fourth-order valence-electron chi connectivity index (χ4n) is 2.04. The molecule has 0 saturated carbocycles. The summed E-state index contributed by atoms with van der Waals surface area (Å²) in [5, 5.41) is 0. The lowest BCUT2D eigenvalue weighted by Crippen LogP contribution is -2.26. The van der Waals surface area contributed by atoms with Gasteiger partial charge in [0.1, 0.15) is 6.61 Å². The molecule has 0 aliphatic carbocycles. The van der Waals surface area contributed by atoms with E-state index in [2.05, 4.69) is 9.97 Å². The van der Waals surface area contributed by atoms with Crippen LogP contribution in [0.3, 0.4) is 0 Å². The van der Waals surface area contributed by atoms with Gasteiger partial charge in [-0.25, -0.2) is 4.79 Å². The minimum atomic E-state index is -0.310. The molecule has 5 heteroatoms. The first-order chi connectivity index (χ1) is 9.33. The Balaban J connectivity index is 1.58. The molecule has 1 aliphatic heterocycles. The Hall–Kier alpha value is -2.43. The van der Waals surface area contributed by atoms with Crippen molar-refractivity contribution in [1.82, 2.24) is 14.9 Å². The van der Waals surface area contributed by atoms with Gasteiger partial charge in [0.15, 0.2) is 0 Å². The molecule has 0 spiro atoms. The van der Waals surface area contributed by atoms with Crippen LogP contribution in [0.1, 0.15) is 16.8 Å². The highest BCUT2D eigenvalue weighted by molar-refractivity contribution is 5.68. The number of pyridine rings is 2. The number of ether oxygens (including phenoxy) is 1. The Kier molecular flexibility index (Phi) is 3.10. The van der Waals surface area contributed by atoms with Crippen LogP contribution in [0.15, 0.2) is 42.9 Å². The number of nitrogens with zero attached hydrogens (tertiary/aromatic N) is 3. The van der Waals surface area contributed by atoms with Gasteiger partial charge in [-0.3, -0.25) is 14.9 Å². The number of carbonyl (C=O) groups is 1. The zero-order valence-electron chi connectivity index (χ0n) is 10.3. The third-order valence-corrected chi connectivity index (χ3v) is 3.06. The fraction of sp³-hybridized carbons (Fsp3) is 0.214. The largest absolute Gasteiger partial charge is 0.445 e. The van der Waals surface area contributed by atoms with Gasteiger partial charge in [-0.2, -0.15) is 0 Å². The monoisotopic (exact) mass is 255 g/mol. The predicted octanol–water partition coefficient (Wildman–Crippen LogP) is 2.13. The molecule has 3 heterocycles. The van der Waals surface area contributed by atoms with E-state index in [4.69, 9.17) is 4.74 Å². The average Bonchev–Trinajstić information content (AvgIpc) is 2.90. The van der Waals surface area contributed by atoms with Crippen LogP contribution in [0.25, 0.3) is 0 Å². The Bertz CT molecular complexity index is 561. The highest BCUT2D eigenvalue weighted by atomic mass is 16.6. The average molecular weight is 255 g/mol. The summed E-state index contributed by atoms with van der Waals surface area (Å²) < 4.78 is 5.27.